The maximum Gasteiger partial charge on any atom is 0.212 e. The van der Waals surface area contributed by atoms with Crippen molar-refractivity contribution in [2.45, 2.75) is 6.92 Å². The zero-order valence-corrected chi connectivity index (χ0v) is 8.19. The van der Waals surface area contributed by atoms with Crippen LogP contribution in [0, 0.1) is 0 Å². The minimum atomic E-state index is 0.0181. The molecule has 0 radical (unpaired) electrons. The molecule has 3 rings (SSSR count). The molecule has 0 aliphatic rings. The van der Waals surface area contributed by atoms with Crippen LogP contribution in [0.4, 0.5) is 0 Å². The molecule has 4 heteroatoms. The Morgan fingerprint density at radius 1 is 1.40 bits per heavy atom. The number of ketones is 1. The standard InChI is InChI=1S/C11H9N3O/c1-7(15)9-6-14-10-5-3-2-4-8(10)12-11(14)13-9/h2-6H,1H3,(H,12,13). The van der Waals surface area contributed by atoms with E-state index in [-0.39, 0.29) is 5.78 Å². The molecular weight excluding hydrogens is 190 g/mol. The first-order chi connectivity index (χ1) is 7.25. The number of nitrogens with one attached hydrogen (secondary N) is 1. The molecule has 0 aliphatic heterocycles. The van der Waals surface area contributed by atoms with Gasteiger partial charge in [0, 0.05) is 13.1 Å². The Labute approximate surface area is 85.6 Å². The van der Waals surface area contributed by atoms with Gasteiger partial charge in [0.1, 0.15) is 5.69 Å². The van der Waals surface area contributed by atoms with Crippen molar-refractivity contribution in [2.24, 2.45) is 0 Å². The molecule has 0 bridgehead atoms. The number of rotatable bonds is 1. The summed E-state index contributed by atoms with van der Waals surface area (Å²) in [6.45, 7) is 1.54. The van der Waals surface area contributed by atoms with E-state index in [0.29, 0.717) is 11.5 Å². The largest absolute Gasteiger partial charge is 0.321 e. The number of aromatic nitrogens is 3. The number of hydrogen-bond donors (Lipinski definition) is 1. The van der Waals surface area contributed by atoms with Gasteiger partial charge in [-0.1, -0.05) is 12.1 Å². The second-order valence-corrected chi connectivity index (χ2v) is 3.52. The van der Waals surface area contributed by atoms with Crippen molar-refractivity contribution in [1.29, 1.82) is 0 Å². The van der Waals surface area contributed by atoms with Gasteiger partial charge in [-0.3, -0.25) is 9.20 Å². The van der Waals surface area contributed by atoms with Gasteiger partial charge in [0.05, 0.1) is 11.0 Å². The third-order valence-corrected chi connectivity index (χ3v) is 2.48. The van der Waals surface area contributed by atoms with Gasteiger partial charge in [-0.15, -0.1) is 0 Å². The summed E-state index contributed by atoms with van der Waals surface area (Å²) < 4.78 is 1.89. The highest BCUT2D eigenvalue weighted by Crippen LogP contribution is 2.16. The fraction of sp³-hybridized carbons (Fsp3) is 0.0909. The zero-order valence-electron chi connectivity index (χ0n) is 8.19. The molecule has 74 valence electrons. The molecule has 0 saturated heterocycles. The molecule has 1 aromatic carbocycles. The highest BCUT2D eigenvalue weighted by Gasteiger charge is 2.09. The highest BCUT2D eigenvalue weighted by molar-refractivity contribution is 5.93. The SMILES string of the molecule is CC(=O)c1cn2c(nc3ccccc32)[nH]1. The lowest BCUT2D eigenvalue weighted by molar-refractivity contribution is 0.101. The van der Waals surface area contributed by atoms with Crippen LogP contribution in [0.25, 0.3) is 16.8 Å². The van der Waals surface area contributed by atoms with Crippen molar-refractivity contribution in [3.63, 3.8) is 0 Å². The Morgan fingerprint density at radius 2 is 2.20 bits per heavy atom. The average Bonchev–Trinajstić information content (AvgIpc) is 2.73. The third-order valence-electron chi connectivity index (χ3n) is 2.48. The predicted octanol–water partition coefficient (Wildman–Crippen LogP) is 2.02. The van der Waals surface area contributed by atoms with E-state index in [1.54, 1.807) is 6.20 Å². The van der Waals surface area contributed by atoms with E-state index in [1.807, 2.05) is 28.7 Å². The van der Waals surface area contributed by atoms with Gasteiger partial charge in [0.25, 0.3) is 0 Å². The summed E-state index contributed by atoms with van der Waals surface area (Å²) in [5.41, 5.74) is 2.53. The first-order valence-electron chi connectivity index (χ1n) is 4.72. The lowest BCUT2D eigenvalue weighted by Gasteiger charge is -1.88. The van der Waals surface area contributed by atoms with E-state index in [0.717, 1.165) is 11.0 Å². The summed E-state index contributed by atoms with van der Waals surface area (Å²) in [4.78, 5) is 18.5. The molecule has 1 N–H and O–H groups in total. The van der Waals surface area contributed by atoms with Crippen molar-refractivity contribution in [1.82, 2.24) is 14.4 Å². The normalized spacial score (nSPS) is 11.3. The first-order valence-corrected chi connectivity index (χ1v) is 4.72. The number of aromatic amines is 1. The molecule has 0 fully saturated rings. The van der Waals surface area contributed by atoms with E-state index in [4.69, 9.17) is 0 Å². The van der Waals surface area contributed by atoms with Crippen molar-refractivity contribution < 1.29 is 4.79 Å². The number of para-hydroxylation sites is 2. The van der Waals surface area contributed by atoms with Crippen molar-refractivity contribution in [3.8, 4) is 0 Å². The quantitative estimate of drug-likeness (QED) is 0.609. The fourth-order valence-electron chi connectivity index (χ4n) is 1.72. The van der Waals surface area contributed by atoms with Gasteiger partial charge in [0.15, 0.2) is 5.78 Å². The number of imidazole rings is 2. The van der Waals surface area contributed by atoms with Crippen molar-refractivity contribution in [3.05, 3.63) is 36.2 Å². The molecular formula is C11H9N3O. The predicted molar refractivity (Wildman–Crippen MR) is 57.1 cm³/mol. The van der Waals surface area contributed by atoms with Crippen LogP contribution in [0.2, 0.25) is 0 Å². The number of carbonyl (C=O) groups is 1. The summed E-state index contributed by atoms with van der Waals surface area (Å²) in [5, 5.41) is 0. The topological polar surface area (TPSA) is 50.2 Å². The Balaban J connectivity index is 2.42. The van der Waals surface area contributed by atoms with E-state index < -0.39 is 0 Å². The minimum Gasteiger partial charge on any atom is -0.321 e. The summed E-state index contributed by atoms with van der Waals surface area (Å²) in [5.74, 6) is 0.728. The Morgan fingerprint density at radius 3 is 3.00 bits per heavy atom. The molecule has 0 atom stereocenters. The molecule has 0 aliphatic carbocycles. The maximum atomic E-state index is 11.2. The van der Waals surface area contributed by atoms with Crippen LogP contribution in [0.1, 0.15) is 17.4 Å². The van der Waals surface area contributed by atoms with Gasteiger partial charge in [-0.2, -0.15) is 0 Å². The van der Waals surface area contributed by atoms with Gasteiger partial charge < -0.3 is 4.98 Å². The van der Waals surface area contributed by atoms with E-state index in [1.165, 1.54) is 6.92 Å². The lowest BCUT2D eigenvalue weighted by atomic mass is 10.3. The van der Waals surface area contributed by atoms with Crippen LogP contribution in [0.15, 0.2) is 30.5 Å². The number of Topliss-reactive ketones (excluding diaryl/α,β-unsaturated/α-hetero) is 1. The number of carbonyl (C=O) groups excluding carboxylic acids is 1. The molecule has 2 aromatic heterocycles. The van der Waals surface area contributed by atoms with Gasteiger partial charge >= 0.3 is 0 Å². The number of fused-ring (bicyclic) bond motifs is 3. The zero-order chi connectivity index (χ0) is 10.4. The molecule has 0 unspecified atom stereocenters. The van der Waals surface area contributed by atoms with Crippen molar-refractivity contribution >= 4 is 22.6 Å². The van der Waals surface area contributed by atoms with E-state index >= 15 is 0 Å². The fourth-order valence-corrected chi connectivity index (χ4v) is 1.72. The van der Waals surface area contributed by atoms with Gasteiger partial charge in [-0.05, 0) is 12.1 Å². The molecule has 4 nitrogen and oxygen atoms in total. The van der Waals surface area contributed by atoms with Crippen LogP contribution >= 0.6 is 0 Å². The van der Waals surface area contributed by atoms with E-state index in [9.17, 15) is 4.79 Å². The Kier molecular flexibility index (Phi) is 1.48. The van der Waals surface area contributed by atoms with Crippen LogP contribution in [-0.2, 0) is 0 Å². The van der Waals surface area contributed by atoms with Crippen LogP contribution in [0.5, 0.6) is 0 Å². The Hall–Kier alpha value is -2.10. The Bertz CT molecular complexity index is 663. The second-order valence-electron chi connectivity index (χ2n) is 3.52. The van der Waals surface area contributed by atoms with Gasteiger partial charge in [-0.25, -0.2) is 4.98 Å². The second kappa shape index (κ2) is 2.70. The highest BCUT2D eigenvalue weighted by atomic mass is 16.1. The summed E-state index contributed by atoms with van der Waals surface area (Å²) in [6, 6.07) is 7.83. The summed E-state index contributed by atoms with van der Waals surface area (Å²) in [7, 11) is 0. The monoisotopic (exact) mass is 199 g/mol. The average molecular weight is 199 g/mol. The van der Waals surface area contributed by atoms with Crippen LogP contribution in [-0.4, -0.2) is 20.2 Å². The molecule has 0 amide bonds. The van der Waals surface area contributed by atoms with Crippen LogP contribution in [0.3, 0.4) is 0 Å². The third kappa shape index (κ3) is 1.08. The van der Waals surface area contributed by atoms with Gasteiger partial charge in [0.2, 0.25) is 5.78 Å². The molecule has 15 heavy (non-hydrogen) atoms. The summed E-state index contributed by atoms with van der Waals surface area (Å²) >= 11 is 0. The maximum absolute atomic E-state index is 11.2. The summed E-state index contributed by atoms with van der Waals surface area (Å²) in [6.07, 6.45) is 1.78. The minimum absolute atomic E-state index is 0.0181. The first kappa shape index (κ1) is 8.23. The number of H-pyrrole nitrogens is 1. The smallest absolute Gasteiger partial charge is 0.212 e. The lowest BCUT2D eigenvalue weighted by Crippen LogP contribution is -1.90. The number of nitrogens with zero attached hydrogens (tertiary/aromatic N) is 2. The number of hydrogen-bond acceptors (Lipinski definition) is 2. The molecule has 2 heterocycles. The number of benzene rings is 1. The van der Waals surface area contributed by atoms with Crippen LogP contribution < -0.4 is 0 Å². The molecule has 0 saturated carbocycles. The van der Waals surface area contributed by atoms with E-state index in [2.05, 4.69) is 9.97 Å². The molecule has 0 spiro atoms. The van der Waals surface area contributed by atoms with Crippen molar-refractivity contribution in [2.75, 3.05) is 0 Å². The molecule has 3 aromatic rings.